The zero-order chi connectivity index (χ0) is 30.4. The van der Waals surface area contributed by atoms with Crippen molar-refractivity contribution in [2.24, 2.45) is 0 Å². The summed E-state index contributed by atoms with van der Waals surface area (Å²) in [6.45, 7) is 8.56. The van der Waals surface area contributed by atoms with Crippen LogP contribution in [0.5, 0.6) is 0 Å². The van der Waals surface area contributed by atoms with Crippen LogP contribution in [0.2, 0.25) is 17.3 Å². The fourth-order valence-electron chi connectivity index (χ4n) is 5.26. The Morgan fingerprint density at radius 2 is 1.59 bits per heavy atom. The van der Waals surface area contributed by atoms with Gasteiger partial charge in [-0.3, -0.25) is 4.98 Å². The van der Waals surface area contributed by atoms with Crippen LogP contribution in [0.3, 0.4) is 0 Å². The first kappa shape index (κ1) is 31.8. The summed E-state index contributed by atoms with van der Waals surface area (Å²) in [7, 11) is 0. The summed E-state index contributed by atoms with van der Waals surface area (Å²) in [5, 5.41) is 2.06. The maximum atomic E-state index is 5.91. The molecule has 7 rings (SSSR count). The molecule has 44 heavy (non-hydrogen) atoms. The van der Waals surface area contributed by atoms with Gasteiger partial charge in [0.1, 0.15) is 0 Å². The number of furan rings is 1. The normalized spacial score (nSPS) is 11.8. The molecule has 7 heteroatoms. The van der Waals surface area contributed by atoms with Crippen LogP contribution in [0.1, 0.15) is 26.5 Å². The number of nitrogens with zero attached hydrogens (tertiary/aromatic N) is 4. The predicted molar refractivity (Wildman–Crippen MR) is 180 cm³/mol. The number of hydrogen-bond acceptors (Lipinski definition) is 4. The maximum Gasteiger partial charge on any atom is 0 e. The van der Waals surface area contributed by atoms with Crippen molar-refractivity contribution >= 4 is 50.8 Å². The van der Waals surface area contributed by atoms with Gasteiger partial charge in [0.25, 0.3) is 0 Å². The Morgan fingerprint density at radius 3 is 2.27 bits per heavy atom. The van der Waals surface area contributed by atoms with E-state index in [9.17, 15) is 0 Å². The molecule has 0 saturated heterocycles. The number of hydrogen-bond donors (Lipinski definition) is 0. The van der Waals surface area contributed by atoms with Gasteiger partial charge in [-0.25, -0.2) is 4.98 Å². The van der Waals surface area contributed by atoms with Crippen LogP contribution in [0.15, 0.2) is 95.5 Å². The standard InChI is InChI=1S/C23H20N3O.C14H16GeN.Ir/c1-14-9-11-16-17-13-15(10-12-20(17)27-22(16)24-14)21-25-18-7-5-6-8-19(18)26(21)23(2,3)4;1-15(2,3)13-9-10-14(16-11-13)12-7-5-4-6-8-12;/h5-9,11-13H,1-4H3;4-7,9-11H,1-3H3;/q2*-1;. The molecule has 0 amide bonds. The molecule has 225 valence electrons. The van der Waals surface area contributed by atoms with Crippen LogP contribution in [0, 0.1) is 19.1 Å². The molecule has 3 aromatic carbocycles. The summed E-state index contributed by atoms with van der Waals surface area (Å²) >= 11 is -1.72. The maximum absolute atomic E-state index is 5.91. The van der Waals surface area contributed by atoms with Gasteiger partial charge in [0.2, 0.25) is 5.71 Å². The van der Waals surface area contributed by atoms with Gasteiger partial charge in [-0.2, -0.15) is 0 Å². The number of benzene rings is 3. The number of fused-ring (bicyclic) bond motifs is 4. The van der Waals surface area contributed by atoms with Gasteiger partial charge in [0, 0.05) is 36.7 Å². The van der Waals surface area contributed by atoms with Crippen molar-refractivity contribution < 1.29 is 24.5 Å². The summed E-state index contributed by atoms with van der Waals surface area (Å²) in [5.74, 6) is 8.06. The molecule has 0 aliphatic heterocycles. The van der Waals surface area contributed by atoms with E-state index in [1.807, 2.05) is 55.6 Å². The molecular formula is C37H36GeIrN4O-2. The van der Waals surface area contributed by atoms with Crippen LogP contribution < -0.4 is 4.40 Å². The summed E-state index contributed by atoms with van der Waals surface area (Å²) in [6.07, 6.45) is 2.04. The second kappa shape index (κ2) is 12.4. The molecule has 0 atom stereocenters. The molecule has 1 radical (unpaired) electrons. The molecule has 0 aliphatic carbocycles. The van der Waals surface area contributed by atoms with Crippen molar-refractivity contribution in [2.45, 2.75) is 50.5 Å². The van der Waals surface area contributed by atoms with Crippen molar-refractivity contribution in [1.82, 2.24) is 19.5 Å². The molecule has 4 heterocycles. The van der Waals surface area contributed by atoms with Crippen molar-refractivity contribution in [1.29, 1.82) is 0 Å². The van der Waals surface area contributed by atoms with Crippen molar-refractivity contribution in [3.63, 3.8) is 0 Å². The second-order valence-corrected chi connectivity index (χ2v) is 23.6. The van der Waals surface area contributed by atoms with Gasteiger partial charge in [0.05, 0.1) is 22.4 Å². The van der Waals surface area contributed by atoms with E-state index in [2.05, 4.69) is 107 Å². The Morgan fingerprint density at radius 1 is 0.818 bits per heavy atom. The molecule has 0 N–H and O–H groups in total. The van der Waals surface area contributed by atoms with E-state index < -0.39 is 13.3 Å². The first-order valence-electron chi connectivity index (χ1n) is 14.6. The Labute approximate surface area is 275 Å². The third-order valence-electron chi connectivity index (χ3n) is 7.50. The largest absolute Gasteiger partial charge is 0 e. The Bertz CT molecular complexity index is 2050. The van der Waals surface area contributed by atoms with Gasteiger partial charge in [-0.05, 0) is 52.0 Å². The Kier molecular flexibility index (Phi) is 8.99. The van der Waals surface area contributed by atoms with Crippen molar-refractivity contribution in [2.75, 3.05) is 0 Å². The predicted octanol–water partition coefficient (Wildman–Crippen LogP) is 8.95. The van der Waals surface area contributed by atoms with Gasteiger partial charge in [-0.1, -0.05) is 17.5 Å². The monoisotopic (exact) mass is 819 g/mol. The van der Waals surface area contributed by atoms with E-state index in [0.717, 1.165) is 55.7 Å². The number of aromatic nitrogens is 4. The smallest absolute Gasteiger partial charge is 0 e. The van der Waals surface area contributed by atoms with Crippen molar-refractivity contribution in [3.05, 3.63) is 109 Å². The van der Waals surface area contributed by atoms with E-state index in [-0.39, 0.29) is 25.6 Å². The van der Waals surface area contributed by atoms with Crippen molar-refractivity contribution in [3.8, 4) is 22.6 Å². The van der Waals surface area contributed by atoms with Crippen LogP contribution in [-0.2, 0) is 25.6 Å². The zero-order valence-corrected chi connectivity index (χ0v) is 30.7. The van der Waals surface area contributed by atoms with Gasteiger partial charge >= 0.3 is 99.8 Å². The fourth-order valence-corrected chi connectivity index (χ4v) is 7.43. The van der Waals surface area contributed by atoms with E-state index >= 15 is 0 Å². The third kappa shape index (κ3) is 6.44. The Hall–Kier alpha value is -3.58. The third-order valence-corrected chi connectivity index (χ3v) is 11.8. The molecule has 5 nitrogen and oxygen atoms in total. The summed E-state index contributed by atoms with van der Waals surface area (Å²) in [6, 6.07) is 35.2. The summed E-state index contributed by atoms with van der Waals surface area (Å²) < 4.78 is 9.64. The van der Waals surface area contributed by atoms with Crippen LogP contribution in [0.25, 0.3) is 55.7 Å². The first-order valence-corrected chi connectivity index (χ1v) is 22.0. The van der Waals surface area contributed by atoms with Gasteiger partial charge < -0.3 is 8.98 Å². The second-order valence-electron chi connectivity index (χ2n) is 12.9. The van der Waals surface area contributed by atoms with E-state index in [1.165, 1.54) is 4.40 Å². The zero-order valence-electron chi connectivity index (χ0n) is 26.2. The minimum Gasteiger partial charge on any atom is 0 e. The van der Waals surface area contributed by atoms with Crippen LogP contribution >= 0.6 is 0 Å². The van der Waals surface area contributed by atoms with E-state index in [1.54, 1.807) is 0 Å². The van der Waals surface area contributed by atoms with Gasteiger partial charge in [0.15, 0.2) is 0 Å². The molecule has 0 spiro atoms. The number of pyridine rings is 2. The molecule has 7 aromatic rings. The number of para-hydroxylation sites is 2. The number of rotatable bonds is 3. The fraction of sp³-hybridized carbons (Fsp3) is 0.216. The van der Waals surface area contributed by atoms with E-state index in [4.69, 9.17) is 9.40 Å². The topological polar surface area (TPSA) is 56.7 Å². The molecule has 0 unspecified atom stereocenters. The minimum atomic E-state index is -1.72. The average Bonchev–Trinajstić information content (AvgIpc) is 3.55. The molecule has 0 fully saturated rings. The van der Waals surface area contributed by atoms with Crippen LogP contribution in [-0.4, -0.2) is 32.8 Å². The average molecular weight is 818 g/mol. The molecular weight excluding hydrogens is 781 g/mol. The Balaban J connectivity index is 0.000000194. The van der Waals surface area contributed by atoms with E-state index in [0.29, 0.717) is 5.71 Å². The molecule has 0 saturated carbocycles. The molecule has 0 aliphatic rings. The quantitative estimate of drug-likeness (QED) is 0.132. The summed E-state index contributed by atoms with van der Waals surface area (Å²) in [4.78, 5) is 14.0. The minimum absolute atomic E-state index is 0. The first-order chi connectivity index (χ1) is 20.5. The number of imidazole rings is 1. The van der Waals surface area contributed by atoms with Crippen LogP contribution in [0.4, 0.5) is 0 Å². The molecule has 4 aromatic heterocycles. The number of aryl methyl sites for hydroxylation is 1. The molecule has 0 bridgehead atoms. The van der Waals surface area contributed by atoms with Gasteiger partial charge in [-0.15, -0.1) is 23.8 Å². The SMILES string of the molecule is Cc1ccc2c(n1)oc1c[c-]c(-c3nc4ccccc4n3C(C)(C)C)cc12.[CH3][Ge]([CH3])([CH3])[c]1ccc(-c2[c-]cccc2)nc1.[Ir]. The summed E-state index contributed by atoms with van der Waals surface area (Å²) in [5.41, 5.74) is 7.45.